The summed E-state index contributed by atoms with van der Waals surface area (Å²) in [5, 5.41) is 12.7. The molecule has 0 amide bonds. The van der Waals surface area contributed by atoms with E-state index in [1.54, 1.807) is 0 Å². The second-order valence-electron chi connectivity index (χ2n) is 3.14. The van der Waals surface area contributed by atoms with E-state index in [0.29, 0.717) is 21.1 Å². The second-order valence-corrected chi connectivity index (χ2v) is 4.16. The maximum atomic E-state index is 11.2. The number of Topliss-reactive ketones (excluding diaryl/α,β-unsaturated/α-hetero) is 1. The Kier molecular flexibility index (Phi) is 3.69. The molecular formula is C10H13N3OS. The highest BCUT2D eigenvalue weighted by molar-refractivity contribution is 7.18. The van der Waals surface area contributed by atoms with Crippen LogP contribution in [-0.2, 0) is 0 Å². The number of nitrogen functional groups attached to an aromatic ring is 1. The molecule has 0 spiro atoms. The molecule has 0 bridgehead atoms. The maximum absolute atomic E-state index is 11.2. The lowest BCUT2D eigenvalue weighted by Gasteiger charge is -2.00. The first-order valence-corrected chi connectivity index (χ1v) is 5.50. The van der Waals surface area contributed by atoms with Crippen LogP contribution in [0.1, 0.15) is 35.5 Å². The van der Waals surface area contributed by atoms with E-state index in [4.69, 9.17) is 11.0 Å². The molecule has 1 rings (SSSR count). The zero-order valence-electron chi connectivity index (χ0n) is 8.76. The first kappa shape index (κ1) is 11.5. The molecule has 1 aromatic heterocycles. The summed E-state index contributed by atoms with van der Waals surface area (Å²) in [4.78, 5) is 11.7. The lowest BCUT2D eigenvalue weighted by atomic mass is 10.2. The maximum Gasteiger partial charge on any atom is 0.171 e. The molecule has 15 heavy (non-hydrogen) atoms. The average Bonchev–Trinajstić information content (AvgIpc) is 2.52. The van der Waals surface area contributed by atoms with Crippen molar-refractivity contribution in [1.29, 1.82) is 5.26 Å². The molecule has 80 valence electrons. The summed E-state index contributed by atoms with van der Waals surface area (Å²) in [7, 11) is 0. The summed E-state index contributed by atoms with van der Waals surface area (Å²) in [6.45, 7) is 4.25. The molecule has 0 saturated carbocycles. The molecule has 0 saturated heterocycles. The normalized spacial score (nSPS) is 9.67. The number of ketones is 1. The highest BCUT2D eigenvalue weighted by atomic mass is 32.1. The highest BCUT2D eigenvalue weighted by Crippen LogP contribution is 2.35. The third-order valence-electron chi connectivity index (χ3n) is 1.91. The quantitative estimate of drug-likeness (QED) is 0.767. The fourth-order valence-electron chi connectivity index (χ4n) is 1.18. The van der Waals surface area contributed by atoms with Crippen molar-refractivity contribution in [3.05, 3.63) is 10.4 Å². The van der Waals surface area contributed by atoms with Crippen LogP contribution in [0.5, 0.6) is 0 Å². The van der Waals surface area contributed by atoms with Crippen molar-refractivity contribution in [2.45, 2.75) is 20.3 Å². The predicted molar refractivity (Wildman–Crippen MR) is 62.2 cm³/mol. The van der Waals surface area contributed by atoms with Gasteiger partial charge in [-0.25, -0.2) is 0 Å². The number of nitrogens with zero attached hydrogens (tertiary/aromatic N) is 1. The Labute approximate surface area is 92.7 Å². The smallest absolute Gasteiger partial charge is 0.171 e. The topological polar surface area (TPSA) is 78.9 Å². The number of carbonyl (C=O) groups is 1. The van der Waals surface area contributed by atoms with Crippen LogP contribution >= 0.6 is 11.3 Å². The Morgan fingerprint density at radius 1 is 1.67 bits per heavy atom. The number of nitrogens with one attached hydrogen (secondary N) is 1. The van der Waals surface area contributed by atoms with Gasteiger partial charge in [0, 0.05) is 13.5 Å². The molecule has 0 unspecified atom stereocenters. The Morgan fingerprint density at radius 3 is 2.80 bits per heavy atom. The number of hydrogen-bond donors (Lipinski definition) is 2. The van der Waals surface area contributed by atoms with E-state index >= 15 is 0 Å². The van der Waals surface area contributed by atoms with Crippen molar-refractivity contribution >= 4 is 27.8 Å². The van der Waals surface area contributed by atoms with Gasteiger partial charge in [-0.2, -0.15) is 5.26 Å². The van der Waals surface area contributed by atoms with Gasteiger partial charge in [0.05, 0.1) is 10.6 Å². The van der Waals surface area contributed by atoms with Crippen LogP contribution < -0.4 is 11.1 Å². The van der Waals surface area contributed by atoms with Crippen LogP contribution in [0.3, 0.4) is 0 Å². The van der Waals surface area contributed by atoms with Gasteiger partial charge in [0.1, 0.15) is 16.6 Å². The van der Waals surface area contributed by atoms with Gasteiger partial charge in [-0.15, -0.1) is 11.3 Å². The van der Waals surface area contributed by atoms with E-state index in [0.717, 1.165) is 13.0 Å². The van der Waals surface area contributed by atoms with E-state index in [9.17, 15) is 4.79 Å². The molecule has 0 fully saturated rings. The number of rotatable bonds is 4. The number of nitrogens with two attached hydrogens (primary N) is 1. The minimum absolute atomic E-state index is 0.0986. The molecule has 5 heteroatoms. The van der Waals surface area contributed by atoms with Crippen molar-refractivity contribution < 1.29 is 4.79 Å². The van der Waals surface area contributed by atoms with Crippen molar-refractivity contribution in [3.63, 3.8) is 0 Å². The van der Waals surface area contributed by atoms with Crippen molar-refractivity contribution in [3.8, 4) is 6.07 Å². The summed E-state index contributed by atoms with van der Waals surface area (Å²) < 4.78 is 0. The molecule has 0 aliphatic rings. The minimum Gasteiger partial charge on any atom is -0.396 e. The summed E-state index contributed by atoms with van der Waals surface area (Å²) in [6.07, 6.45) is 0.956. The molecule has 1 aromatic rings. The van der Waals surface area contributed by atoms with Gasteiger partial charge in [0.2, 0.25) is 0 Å². The largest absolute Gasteiger partial charge is 0.396 e. The first-order valence-electron chi connectivity index (χ1n) is 4.69. The first-order chi connectivity index (χ1) is 7.11. The van der Waals surface area contributed by atoms with Gasteiger partial charge >= 0.3 is 0 Å². The number of hydrogen-bond acceptors (Lipinski definition) is 5. The van der Waals surface area contributed by atoms with Crippen LogP contribution in [0.2, 0.25) is 0 Å². The zero-order valence-corrected chi connectivity index (χ0v) is 9.57. The Bertz CT molecular complexity index is 417. The molecule has 0 atom stereocenters. The van der Waals surface area contributed by atoms with E-state index in [-0.39, 0.29) is 5.78 Å². The third-order valence-corrected chi connectivity index (χ3v) is 3.18. The molecular weight excluding hydrogens is 210 g/mol. The molecule has 0 aliphatic heterocycles. The van der Waals surface area contributed by atoms with E-state index in [1.165, 1.54) is 18.3 Å². The second kappa shape index (κ2) is 4.80. The van der Waals surface area contributed by atoms with Gasteiger partial charge in [-0.3, -0.25) is 4.79 Å². The summed E-state index contributed by atoms with van der Waals surface area (Å²) in [5.74, 6) is -0.0986. The molecule has 4 nitrogen and oxygen atoms in total. The SMILES string of the molecule is CCCNc1sc(C(C)=O)c(N)c1C#N. The highest BCUT2D eigenvalue weighted by Gasteiger charge is 2.17. The molecule has 0 aromatic carbocycles. The number of thiophene rings is 1. The Morgan fingerprint density at radius 2 is 2.33 bits per heavy atom. The van der Waals surface area contributed by atoms with Crippen LogP contribution in [0, 0.1) is 11.3 Å². The summed E-state index contributed by atoms with van der Waals surface area (Å²) in [6, 6.07) is 2.02. The summed E-state index contributed by atoms with van der Waals surface area (Å²) >= 11 is 1.25. The summed E-state index contributed by atoms with van der Waals surface area (Å²) in [5.41, 5.74) is 6.40. The standard InChI is InChI=1S/C10H13N3OS/c1-3-4-13-10-7(5-11)8(12)9(15-10)6(2)14/h13H,3-4,12H2,1-2H3. The van der Waals surface area contributed by atoms with Crippen molar-refractivity contribution in [2.24, 2.45) is 0 Å². The Hall–Kier alpha value is -1.54. The van der Waals surface area contributed by atoms with Crippen LogP contribution in [0.4, 0.5) is 10.7 Å². The molecule has 0 aliphatic carbocycles. The van der Waals surface area contributed by atoms with Crippen molar-refractivity contribution in [2.75, 3.05) is 17.6 Å². The molecule has 1 heterocycles. The predicted octanol–water partition coefficient (Wildman–Crippen LogP) is 2.23. The molecule has 0 radical (unpaired) electrons. The lowest BCUT2D eigenvalue weighted by molar-refractivity contribution is 0.102. The molecule has 3 N–H and O–H groups in total. The minimum atomic E-state index is -0.0986. The fraction of sp³-hybridized carbons (Fsp3) is 0.400. The van der Waals surface area contributed by atoms with Gasteiger partial charge in [-0.05, 0) is 6.42 Å². The van der Waals surface area contributed by atoms with Crippen molar-refractivity contribution in [1.82, 2.24) is 0 Å². The van der Waals surface area contributed by atoms with E-state index < -0.39 is 0 Å². The van der Waals surface area contributed by atoms with E-state index in [2.05, 4.69) is 5.32 Å². The van der Waals surface area contributed by atoms with Crippen LogP contribution in [-0.4, -0.2) is 12.3 Å². The lowest BCUT2D eigenvalue weighted by Crippen LogP contribution is -1.99. The zero-order chi connectivity index (χ0) is 11.4. The Balaban J connectivity index is 3.11. The number of carbonyl (C=O) groups excluding carboxylic acids is 1. The average molecular weight is 223 g/mol. The van der Waals surface area contributed by atoms with Crippen LogP contribution in [0.15, 0.2) is 0 Å². The van der Waals surface area contributed by atoms with Crippen LogP contribution in [0.25, 0.3) is 0 Å². The van der Waals surface area contributed by atoms with Gasteiger partial charge in [0.15, 0.2) is 5.78 Å². The number of anilines is 2. The van der Waals surface area contributed by atoms with Gasteiger partial charge in [-0.1, -0.05) is 6.92 Å². The van der Waals surface area contributed by atoms with Gasteiger partial charge in [0.25, 0.3) is 0 Å². The monoisotopic (exact) mass is 223 g/mol. The van der Waals surface area contributed by atoms with Gasteiger partial charge < -0.3 is 11.1 Å². The fourth-order valence-corrected chi connectivity index (χ4v) is 2.17. The van der Waals surface area contributed by atoms with E-state index in [1.807, 2.05) is 13.0 Å². The third kappa shape index (κ3) is 2.28. The number of nitriles is 1.